The van der Waals surface area contributed by atoms with Crippen LogP contribution < -0.4 is 5.32 Å². The van der Waals surface area contributed by atoms with Crippen molar-refractivity contribution in [2.75, 3.05) is 0 Å². The van der Waals surface area contributed by atoms with Crippen LogP contribution >= 0.6 is 22.9 Å². The molecule has 2 aromatic heterocycles. The predicted octanol–water partition coefficient (Wildman–Crippen LogP) is 3.80. The number of H-pyrrole nitrogens is 1. The average molecular weight is 349 g/mol. The van der Waals surface area contributed by atoms with Crippen molar-refractivity contribution in [2.45, 2.75) is 26.8 Å². The number of aromatic amines is 1. The van der Waals surface area contributed by atoms with E-state index in [0.717, 1.165) is 22.3 Å². The van der Waals surface area contributed by atoms with Crippen molar-refractivity contribution in [3.05, 3.63) is 45.1 Å². The van der Waals surface area contributed by atoms with Gasteiger partial charge in [-0.3, -0.25) is 4.79 Å². The normalized spacial score (nSPS) is 11.3. The molecule has 23 heavy (non-hydrogen) atoms. The summed E-state index contributed by atoms with van der Waals surface area (Å²) in [7, 11) is 0. The highest BCUT2D eigenvalue weighted by atomic mass is 35.5. The topological polar surface area (TPSA) is 70.7 Å². The Balaban J connectivity index is 1.72. The lowest BCUT2D eigenvalue weighted by atomic mass is 10.1. The van der Waals surface area contributed by atoms with E-state index in [1.54, 1.807) is 0 Å². The summed E-state index contributed by atoms with van der Waals surface area (Å²) in [5, 5.41) is 2.86. The van der Waals surface area contributed by atoms with Gasteiger partial charge < -0.3 is 10.3 Å². The van der Waals surface area contributed by atoms with Crippen LogP contribution in [0.3, 0.4) is 0 Å². The molecule has 0 bridgehead atoms. The lowest BCUT2D eigenvalue weighted by Gasteiger charge is -2.05. The van der Waals surface area contributed by atoms with E-state index in [9.17, 15) is 4.79 Å². The number of aromatic nitrogens is 3. The van der Waals surface area contributed by atoms with Crippen molar-refractivity contribution in [3.8, 4) is 0 Å². The number of benzene rings is 1. The highest BCUT2D eigenvalue weighted by Crippen LogP contribution is 2.25. The highest BCUT2D eigenvalue weighted by molar-refractivity contribution is 7.16. The first-order valence-electron chi connectivity index (χ1n) is 7.40. The third-order valence-electron chi connectivity index (χ3n) is 3.33. The largest absolute Gasteiger partial charge is 0.343 e. The zero-order valence-electron chi connectivity index (χ0n) is 12.9. The zero-order valence-corrected chi connectivity index (χ0v) is 14.5. The number of thiazole rings is 1. The number of halogens is 1. The van der Waals surface area contributed by atoms with Gasteiger partial charge in [0.05, 0.1) is 17.6 Å². The van der Waals surface area contributed by atoms with Crippen LogP contribution in [0.2, 0.25) is 4.47 Å². The van der Waals surface area contributed by atoms with E-state index >= 15 is 0 Å². The van der Waals surface area contributed by atoms with Crippen LogP contribution in [0.1, 0.15) is 35.0 Å². The summed E-state index contributed by atoms with van der Waals surface area (Å²) >= 11 is 7.34. The molecule has 5 nitrogen and oxygen atoms in total. The van der Waals surface area contributed by atoms with Crippen LogP contribution in [0.15, 0.2) is 24.3 Å². The smallest absolute Gasteiger partial charge is 0.271 e. The van der Waals surface area contributed by atoms with Crippen molar-refractivity contribution in [1.29, 1.82) is 0 Å². The molecule has 0 radical (unpaired) electrons. The summed E-state index contributed by atoms with van der Waals surface area (Å²) in [4.78, 5) is 25.1. The quantitative estimate of drug-likeness (QED) is 0.736. The first kappa shape index (κ1) is 16.0. The number of nitrogens with one attached hydrogen (secondary N) is 2. The van der Waals surface area contributed by atoms with Gasteiger partial charge in [0.1, 0.15) is 11.5 Å². The Morgan fingerprint density at radius 2 is 2.13 bits per heavy atom. The molecule has 0 aliphatic carbocycles. The minimum Gasteiger partial charge on any atom is -0.343 e. The number of hydrogen-bond donors (Lipinski definition) is 2. The number of carbonyl (C=O) groups excluding carboxylic acids is 1. The van der Waals surface area contributed by atoms with E-state index in [2.05, 4.69) is 34.1 Å². The van der Waals surface area contributed by atoms with Crippen LogP contribution in [0, 0.1) is 5.92 Å². The summed E-state index contributed by atoms with van der Waals surface area (Å²) in [6, 6.07) is 7.76. The van der Waals surface area contributed by atoms with Gasteiger partial charge >= 0.3 is 0 Å². The molecule has 1 aromatic carbocycles. The Hall–Kier alpha value is -1.92. The standard InChI is InChI=1S/C16H17ClN4OS/c1-9(2)7-12-14(21-16(17)23-12)15(22)18-8-13-19-10-5-3-4-6-11(10)20-13/h3-6,9H,7-8H2,1-2H3,(H,18,22)(H,19,20). The van der Waals surface area contributed by atoms with Gasteiger partial charge in [-0.15, -0.1) is 11.3 Å². The van der Waals surface area contributed by atoms with Gasteiger partial charge in [0.15, 0.2) is 4.47 Å². The molecule has 0 fully saturated rings. The number of carbonyl (C=O) groups is 1. The SMILES string of the molecule is CC(C)Cc1sc(Cl)nc1C(=O)NCc1nc2ccccc2[nH]1. The maximum Gasteiger partial charge on any atom is 0.271 e. The van der Waals surface area contributed by atoms with Gasteiger partial charge in [0, 0.05) is 4.88 Å². The maximum absolute atomic E-state index is 12.4. The van der Waals surface area contributed by atoms with Gasteiger partial charge in [-0.1, -0.05) is 37.6 Å². The molecule has 120 valence electrons. The summed E-state index contributed by atoms with van der Waals surface area (Å²) < 4.78 is 0.398. The minimum atomic E-state index is -0.218. The Kier molecular flexibility index (Phi) is 4.63. The fourth-order valence-electron chi connectivity index (χ4n) is 2.35. The van der Waals surface area contributed by atoms with Crippen LogP contribution in [0.25, 0.3) is 11.0 Å². The van der Waals surface area contributed by atoms with Crippen LogP contribution in [-0.2, 0) is 13.0 Å². The molecule has 3 rings (SSSR count). The van der Waals surface area contributed by atoms with E-state index < -0.39 is 0 Å². The number of fused-ring (bicyclic) bond motifs is 1. The highest BCUT2D eigenvalue weighted by Gasteiger charge is 2.18. The van der Waals surface area contributed by atoms with Gasteiger partial charge in [-0.2, -0.15) is 0 Å². The second kappa shape index (κ2) is 6.68. The Bertz CT molecular complexity index is 807. The maximum atomic E-state index is 12.4. The molecule has 3 aromatic rings. The summed E-state index contributed by atoms with van der Waals surface area (Å²) in [6.45, 7) is 4.53. The molecule has 7 heteroatoms. The number of para-hydroxylation sites is 2. The van der Waals surface area contributed by atoms with Crippen LogP contribution in [0.5, 0.6) is 0 Å². The second-order valence-electron chi connectivity index (χ2n) is 5.72. The van der Waals surface area contributed by atoms with E-state index in [0.29, 0.717) is 28.4 Å². The number of rotatable bonds is 5. The van der Waals surface area contributed by atoms with E-state index in [4.69, 9.17) is 11.6 Å². The monoisotopic (exact) mass is 348 g/mol. The molecule has 0 unspecified atom stereocenters. The van der Waals surface area contributed by atoms with Crippen LogP contribution in [-0.4, -0.2) is 20.9 Å². The Labute approximate surface area is 143 Å². The lowest BCUT2D eigenvalue weighted by molar-refractivity contribution is 0.0944. The van der Waals surface area contributed by atoms with Crippen molar-refractivity contribution in [1.82, 2.24) is 20.3 Å². The second-order valence-corrected chi connectivity index (χ2v) is 7.39. The van der Waals surface area contributed by atoms with E-state index in [-0.39, 0.29) is 5.91 Å². The van der Waals surface area contributed by atoms with Crippen molar-refractivity contribution >= 4 is 39.9 Å². The number of nitrogens with zero attached hydrogens (tertiary/aromatic N) is 2. The molecule has 0 atom stereocenters. The van der Waals surface area contributed by atoms with Crippen LogP contribution in [0.4, 0.5) is 0 Å². The predicted molar refractivity (Wildman–Crippen MR) is 92.9 cm³/mol. The third kappa shape index (κ3) is 3.71. The average Bonchev–Trinajstić information content (AvgIpc) is 3.07. The van der Waals surface area contributed by atoms with Gasteiger partial charge in [-0.05, 0) is 24.5 Å². The van der Waals surface area contributed by atoms with Crippen molar-refractivity contribution < 1.29 is 4.79 Å². The number of amides is 1. The third-order valence-corrected chi connectivity index (χ3v) is 4.52. The molecular weight excluding hydrogens is 332 g/mol. The molecule has 2 heterocycles. The van der Waals surface area contributed by atoms with Crippen molar-refractivity contribution in [2.24, 2.45) is 5.92 Å². The number of imidazole rings is 1. The molecule has 1 amide bonds. The zero-order chi connectivity index (χ0) is 16.4. The molecule has 0 saturated carbocycles. The fraction of sp³-hybridized carbons (Fsp3) is 0.312. The minimum absolute atomic E-state index is 0.218. The van der Waals surface area contributed by atoms with Gasteiger partial charge in [-0.25, -0.2) is 9.97 Å². The molecule has 0 saturated heterocycles. The molecule has 0 aliphatic heterocycles. The first-order valence-corrected chi connectivity index (χ1v) is 8.59. The molecule has 0 aliphatic rings. The Morgan fingerprint density at radius 1 is 1.35 bits per heavy atom. The first-order chi connectivity index (χ1) is 11.0. The lowest BCUT2D eigenvalue weighted by Crippen LogP contribution is -2.25. The molecule has 2 N–H and O–H groups in total. The van der Waals surface area contributed by atoms with Gasteiger partial charge in [0.2, 0.25) is 0 Å². The fourth-order valence-corrected chi connectivity index (χ4v) is 3.70. The summed E-state index contributed by atoms with van der Waals surface area (Å²) in [5.74, 6) is 0.934. The van der Waals surface area contributed by atoms with E-state index in [1.165, 1.54) is 11.3 Å². The number of hydrogen-bond acceptors (Lipinski definition) is 4. The molecule has 0 spiro atoms. The van der Waals surface area contributed by atoms with E-state index in [1.807, 2.05) is 24.3 Å². The summed E-state index contributed by atoms with van der Waals surface area (Å²) in [6.07, 6.45) is 0.789. The molecular formula is C16H17ClN4OS. The Morgan fingerprint density at radius 3 is 2.87 bits per heavy atom. The van der Waals surface area contributed by atoms with Crippen molar-refractivity contribution in [3.63, 3.8) is 0 Å². The van der Waals surface area contributed by atoms with Gasteiger partial charge in [0.25, 0.3) is 5.91 Å². The summed E-state index contributed by atoms with van der Waals surface area (Å²) in [5.41, 5.74) is 2.26.